The fraction of sp³-hybridized carbons (Fsp3) is 0.280. The predicted molar refractivity (Wildman–Crippen MR) is 123 cm³/mol. The van der Waals surface area contributed by atoms with Crippen molar-refractivity contribution >= 4 is 15.9 Å². The number of hydrogen-bond donors (Lipinski definition) is 0. The summed E-state index contributed by atoms with van der Waals surface area (Å²) in [6, 6.07) is 17.4. The summed E-state index contributed by atoms with van der Waals surface area (Å²) in [6.45, 7) is 3.85. The minimum Gasteiger partial charge on any atom is -0.497 e. The van der Waals surface area contributed by atoms with Gasteiger partial charge in [0.15, 0.2) is 5.78 Å². The largest absolute Gasteiger partial charge is 0.497 e. The molecule has 6 nitrogen and oxygen atoms in total. The van der Waals surface area contributed by atoms with E-state index >= 15 is 0 Å². The number of methoxy groups -OCH3 is 1. The highest BCUT2D eigenvalue weighted by molar-refractivity contribution is 7.86. The van der Waals surface area contributed by atoms with Crippen LogP contribution in [0.15, 0.2) is 71.8 Å². The molecule has 0 unspecified atom stereocenters. The fourth-order valence-corrected chi connectivity index (χ4v) is 4.35. The predicted octanol–water partition coefficient (Wildman–Crippen LogP) is 4.72. The van der Waals surface area contributed by atoms with Crippen molar-refractivity contribution in [2.24, 2.45) is 0 Å². The van der Waals surface area contributed by atoms with Gasteiger partial charge in [-0.1, -0.05) is 36.8 Å². The number of carbonyl (C=O) groups is 1. The van der Waals surface area contributed by atoms with Gasteiger partial charge in [0.25, 0.3) is 10.1 Å². The monoisotopic (exact) mass is 453 g/mol. The van der Waals surface area contributed by atoms with Crippen LogP contribution in [-0.2, 0) is 20.7 Å². The van der Waals surface area contributed by atoms with Crippen molar-refractivity contribution in [2.45, 2.75) is 37.5 Å². The summed E-state index contributed by atoms with van der Waals surface area (Å²) in [5, 5.41) is 0. The van der Waals surface area contributed by atoms with E-state index in [1.165, 1.54) is 12.1 Å². The molecule has 3 aromatic rings. The third-order valence-electron chi connectivity index (χ3n) is 5.25. The van der Waals surface area contributed by atoms with E-state index in [2.05, 4.69) is 4.98 Å². The molecular weight excluding hydrogens is 426 g/mol. The Morgan fingerprint density at radius 1 is 1.06 bits per heavy atom. The van der Waals surface area contributed by atoms with Crippen LogP contribution >= 0.6 is 0 Å². The summed E-state index contributed by atoms with van der Waals surface area (Å²) in [5.41, 5.74) is 3.23. The molecule has 0 saturated carbocycles. The molecule has 0 amide bonds. The molecule has 0 N–H and O–H groups in total. The minimum atomic E-state index is -3.84. The third kappa shape index (κ3) is 6.02. The first-order valence-corrected chi connectivity index (χ1v) is 11.8. The summed E-state index contributed by atoms with van der Waals surface area (Å²) in [6.07, 6.45) is 2.26. The maximum absolute atomic E-state index is 12.6. The molecule has 2 aromatic carbocycles. The summed E-state index contributed by atoms with van der Waals surface area (Å²) in [5.74, 6) is 0.516. The summed E-state index contributed by atoms with van der Waals surface area (Å²) < 4.78 is 35.5. The van der Waals surface area contributed by atoms with Crippen molar-refractivity contribution in [3.05, 3.63) is 89.2 Å². The van der Waals surface area contributed by atoms with Gasteiger partial charge in [0.2, 0.25) is 0 Å². The summed E-state index contributed by atoms with van der Waals surface area (Å²) in [4.78, 5) is 16.9. The summed E-state index contributed by atoms with van der Waals surface area (Å²) in [7, 11) is -2.25. The number of ether oxygens (including phenoxy) is 1. The van der Waals surface area contributed by atoms with Crippen molar-refractivity contribution in [2.75, 3.05) is 13.7 Å². The van der Waals surface area contributed by atoms with Crippen molar-refractivity contribution in [1.29, 1.82) is 0 Å². The van der Waals surface area contributed by atoms with Crippen molar-refractivity contribution in [1.82, 2.24) is 4.98 Å². The number of pyridine rings is 1. The number of nitrogens with zero attached hydrogens (tertiary/aromatic N) is 1. The Kier molecular flexibility index (Phi) is 7.77. The summed E-state index contributed by atoms with van der Waals surface area (Å²) >= 11 is 0. The molecule has 0 aliphatic heterocycles. The van der Waals surface area contributed by atoms with Gasteiger partial charge >= 0.3 is 0 Å². The molecule has 0 bridgehead atoms. The molecule has 168 valence electrons. The zero-order chi connectivity index (χ0) is 23.1. The Bertz CT molecular complexity index is 1160. The van der Waals surface area contributed by atoms with Crippen LogP contribution in [0.3, 0.4) is 0 Å². The number of Topliss-reactive ketones (excluding diaryl/α,β-unsaturated/α-hetero) is 1. The lowest BCUT2D eigenvalue weighted by Crippen LogP contribution is -2.12. The highest BCUT2D eigenvalue weighted by atomic mass is 32.2. The lowest BCUT2D eigenvalue weighted by Gasteiger charge is -2.17. The zero-order valence-corrected chi connectivity index (χ0v) is 19.3. The maximum Gasteiger partial charge on any atom is 0.296 e. The lowest BCUT2D eigenvalue weighted by atomic mass is 9.89. The molecule has 1 aromatic heterocycles. The van der Waals surface area contributed by atoms with E-state index in [0.717, 1.165) is 16.7 Å². The van der Waals surface area contributed by atoms with Crippen molar-refractivity contribution < 1.29 is 22.1 Å². The quantitative estimate of drug-likeness (QED) is 0.326. The highest BCUT2D eigenvalue weighted by Crippen LogP contribution is 2.29. The van der Waals surface area contributed by atoms with Crippen LogP contribution in [0.5, 0.6) is 5.75 Å². The van der Waals surface area contributed by atoms with E-state index in [9.17, 15) is 13.2 Å². The molecule has 32 heavy (non-hydrogen) atoms. The molecule has 0 fully saturated rings. The molecule has 0 saturated heterocycles. The topological polar surface area (TPSA) is 82.6 Å². The lowest BCUT2D eigenvalue weighted by molar-refractivity contribution is 0.0970. The van der Waals surface area contributed by atoms with E-state index in [4.69, 9.17) is 8.92 Å². The number of rotatable bonds is 10. The second kappa shape index (κ2) is 10.5. The molecular formula is C25H27NO5S. The van der Waals surface area contributed by atoms with Gasteiger partial charge in [-0.15, -0.1) is 0 Å². The van der Waals surface area contributed by atoms with E-state index in [1.54, 1.807) is 43.6 Å². The highest BCUT2D eigenvalue weighted by Gasteiger charge is 2.19. The Morgan fingerprint density at radius 2 is 1.81 bits per heavy atom. The maximum atomic E-state index is 12.6. The number of hydrogen-bond acceptors (Lipinski definition) is 6. The number of carbonyl (C=O) groups excluding carboxylic acids is 1. The first-order valence-electron chi connectivity index (χ1n) is 10.4. The van der Waals surface area contributed by atoms with Crippen molar-refractivity contribution in [3.8, 4) is 5.75 Å². The van der Waals surface area contributed by atoms with Crippen LogP contribution in [0.25, 0.3) is 0 Å². The van der Waals surface area contributed by atoms with Gasteiger partial charge in [-0.3, -0.25) is 14.0 Å². The Labute approximate surface area is 189 Å². The van der Waals surface area contributed by atoms with Gasteiger partial charge < -0.3 is 4.74 Å². The third-order valence-corrected chi connectivity index (χ3v) is 6.57. The van der Waals surface area contributed by atoms with Crippen LogP contribution in [0.4, 0.5) is 0 Å². The van der Waals surface area contributed by atoms with Gasteiger partial charge in [-0.25, -0.2) is 0 Å². The van der Waals surface area contributed by atoms with Crippen LogP contribution in [0.1, 0.15) is 46.4 Å². The SMILES string of the molecule is COc1ccc(CCOS(=O)(=O)c2ccc(C)cc2)c([C@H](C)CC(=O)c2ccccn2)c1. The standard InChI is InChI=1S/C25H27NO5S/c1-18-7-11-22(12-8-18)32(28,29)31-15-13-20-9-10-21(30-3)17-23(20)19(2)16-25(27)24-6-4-5-14-26-24/h4-12,14,17,19H,13,15-16H2,1-3H3/t19-/m1/s1. The molecule has 1 atom stereocenters. The Balaban J connectivity index is 1.72. The van der Waals surface area contributed by atoms with E-state index in [0.29, 0.717) is 17.9 Å². The minimum absolute atomic E-state index is 0.00353. The number of benzene rings is 2. The van der Waals surface area contributed by atoms with Crippen molar-refractivity contribution in [3.63, 3.8) is 0 Å². The first kappa shape index (κ1) is 23.6. The number of aromatic nitrogens is 1. The van der Waals surface area contributed by atoms with E-state index in [1.807, 2.05) is 32.0 Å². The normalized spacial score (nSPS) is 12.3. The van der Waals surface area contributed by atoms with Gasteiger partial charge in [0.1, 0.15) is 11.4 Å². The zero-order valence-electron chi connectivity index (χ0n) is 18.4. The molecule has 3 rings (SSSR count). The van der Waals surface area contributed by atoms with Crippen LogP contribution in [0.2, 0.25) is 0 Å². The molecule has 0 aliphatic carbocycles. The van der Waals surface area contributed by atoms with Crippen LogP contribution in [0, 0.1) is 6.92 Å². The van der Waals surface area contributed by atoms with Gasteiger partial charge in [-0.05, 0) is 66.8 Å². The number of ketones is 1. The van der Waals surface area contributed by atoms with Gasteiger partial charge in [0.05, 0.1) is 18.6 Å². The molecule has 0 radical (unpaired) electrons. The van der Waals surface area contributed by atoms with Gasteiger partial charge in [-0.2, -0.15) is 8.42 Å². The first-order chi connectivity index (χ1) is 15.3. The van der Waals surface area contributed by atoms with Crippen LogP contribution in [-0.4, -0.2) is 32.9 Å². The van der Waals surface area contributed by atoms with E-state index in [-0.39, 0.29) is 29.6 Å². The smallest absolute Gasteiger partial charge is 0.296 e. The Morgan fingerprint density at radius 3 is 2.47 bits per heavy atom. The average Bonchev–Trinajstić information content (AvgIpc) is 2.80. The second-order valence-corrected chi connectivity index (χ2v) is 9.26. The second-order valence-electron chi connectivity index (χ2n) is 7.65. The molecule has 1 heterocycles. The molecule has 0 aliphatic rings. The fourth-order valence-electron chi connectivity index (χ4n) is 3.44. The number of aryl methyl sites for hydroxylation is 1. The van der Waals surface area contributed by atoms with E-state index < -0.39 is 10.1 Å². The average molecular weight is 454 g/mol. The molecule has 7 heteroatoms. The Hall–Kier alpha value is -3.03. The van der Waals surface area contributed by atoms with Crippen LogP contribution < -0.4 is 4.74 Å². The molecule has 0 spiro atoms. The van der Waals surface area contributed by atoms with Gasteiger partial charge in [0, 0.05) is 12.6 Å².